The highest BCUT2D eigenvalue weighted by atomic mass is 16.5. The predicted octanol–water partition coefficient (Wildman–Crippen LogP) is 1.82. The van der Waals surface area contributed by atoms with E-state index >= 15 is 0 Å². The van der Waals surface area contributed by atoms with Gasteiger partial charge in [-0.05, 0) is 36.8 Å². The molecule has 0 bridgehead atoms. The maximum absolute atomic E-state index is 11.3. The maximum Gasteiger partial charge on any atom is 0.327 e. The molecule has 1 aliphatic rings. The van der Waals surface area contributed by atoms with Crippen LogP contribution in [0.25, 0.3) is 0 Å². The summed E-state index contributed by atoms with van der Waals surface area (Å²) in [5, 5.41) is 9.24. The summed E-state index contributed by atoms with van der Waals surface area (Å²) in [4.78, 5) is 11.3. The molecule has 4 heteroatoms. The quantitative estimate of drug-likeness (QED) is 0.806. The topological polar surface area (TPSA) is 72.5 Å². The second-order valence-electron chi connectivity index (χ2n) is 4.87. The van der Waals surface area contributed by atoms with Crippen LogP contribution in [-0.4, -0.2) is 23.2 Å². The fourth-order valence-corrected chi connectivity index (χ4v) is 2.09. The molecular weight excluding hydrogens is 230 g/mol. The zero-order chi connectivity index (χ0) is 13.2. The molecule has 0 amide bonds. The fourth-order valence-electron chi connectivity index (χ4n) is 2.09. The zero-order valence-electron chi connectivity index (χ0n) is 10.6. The molecule has 1 aromatic rings. The van der Waals surface area contributed by atoms with E-state index in [4.69, 9.17) is 10.5 Å². The standard InChI is InChI=1S/C14H19NO3/c1-2-10-5-3-4-6-12(10)18-9-14(15,13(16)17)11-7-8-11/h3-6,11H,2,7-9,15H2,1H3,(H,16,17). The third-order valence-electron chi connectivity index (χ3n) is 3.52. The lowest BCUT2D eigenvalue weighted by Gasteiger charge is -2.25. The molecule has 0 aromatic heterocycles. The van der Waals surface area contributed by atoms with Crippen molar-refractivity contribution in [1.29, 1.82) is 0 Å². The van der Waals surface area contributed by atoms with Crippen molar-refractivity contribution < 1.29 is 14.6 Å². The molecule has 2 rings (SSSR count). The summed E-state index contributed by atoms with van der Waals surface area (Å²) in [5.74, 6) is -0.195. The van der Waals surface area contributed by atoms with Gasteiger partial charge in [0.1, 0.15) is 12.4 Å². The number of carboxylic acid groups (broad SMARTS) is 1. The molecule has 1 aliphatic carbocycles. The van der Waals surface area contributed by atoms with E-state index in [0.29, 0.717) is 0 Å². The van der Waals surface area contributed by atoms with E-state index in [2.05, 4.69) is 0 Å². The van der Waals surface area contributed by atoms with Crippen LogP contribution in [0.4, 0.5) is 0 Å². The van der Waals surface area contributed by atoms with Crippen LogP contribution in [0.5, 0.6) is 5.75 Å². The predicted molar refractivity (Wildman–Crippen MR) is 68.6 cm³/mol. The van der Waals surface area contributed by atoms with E-state index in [1.807, 2.05) is 31.2 Å². The van der Waals surface area contributed by atoms with Crippen molar-refractivity contribution in [3.63, 3.8) is 0 Å². The lowest BCUT2D eigenvalue weighted by Crippen LogP contribution is -2.54. The Morgan fingerprint density at radius 3 is 2.72 bits per heavy atom. The normalized spacial score (nSPS) is 18.1. The number of rotatable bonds is 6. The van der Waals surface area contributed by atoms with Crippen LogP contribution in [0.15, 0.2) is 24.3 Å². The largest absolute Gasteiger partial charge is 0.491 e. The Labute approximate surface area is 107 Å². The third-order valence-corrected chi connectivity index (χ3v) is 3.52. The van der Waals surface area contributed by atoms with E-state index in [-0.39, 0.29) is 12.5 Å². The number of carbonyl (C=O) groups is 1. The molecule has 3 N–H and O–H groups in total. The zero-order valence-corrected chi connectivity index (χ0v) is 10.6. The maximum atomic E-state index is 11.3. The number of hydrogen-bond donors (Lipinski definition) is 2. The van der Waals surface area contributed by atoms with Gasteiger partial charge in [0.2, 0.25) is 0 Å². The Kier molecular flexibility index (Phi) is 3.57. The smallest absolute Gasteiger partial charge is 0.327 e. The first-order chi connectivity index (χ1) is 8.58. The third kappa shape index (κ3) is 2.48. The first-order valence-corrected chi connectivity index (χ1v) is 6.31. The van der Waals surface area contributed by atoms with Crippen LogP contribution in [0.1, 0.15) is 25.3 Å². The van der Waals surface area contributed by atoms with Crippen LogP contribution in [0.2, 0.25) is 0 Å². The summed E-state index contributed by atoms with van der Waals surface area (Å²) in [6.45, 7) is 2.07. The highest BCUT2D eigenvalue weighted by Crippen LogP contribution is 2.39. The number of aryl methyl sites for hydroxylation is 1. The van der Waals surface area contributed by atoms with Gasteiger partial charge in [0.25, 0.3) is 0 Å². The van der Waals surface area contributed by atoms with Crippen LogP contribution in [0, 0.1) is 5.92 Å². The number of carboxylic acids is 1. The van der Waals surface area contributed by atoms with Gasteiger partial charge in [-0.15, -0.1) is 0 Å². The molecule has 0 radical (unpaired) electrons. The van der Waals surface area contributed by atoms with Gasteiger partial charge in [-0.3, -0.25) is 4.79 Å². The number of benzene rings is 1. The molecular formula is C14H19NO3. The van der Waals surface area contributed by atoms with Gasteiger partial charge in [-0.1, -0.05) is 25.1 Å². The van der Waals surface area contributed by atoms with E-state index in [1.165, 1.54) is 0 Å². The van der Waals surface area contributed by atoms with Crippen molar-refractivity contribution in [3.05, 3.63) is 29.8 Å². The minimum absolute atomic E-state index is 0.0318. The number of hydrogen-bond acceptors (Lipinski definition) is 3. The molecule has 4 nitrogen and oxygen atoms in total. The van der Waals surface area contributed by atoms with Crippen molar-refractivity contribution in [2.75, 3.05) is 6.61 Å². The van der Waals surface area contributed by atoms with Crippen molar-refractivity contribution in [2.24, 2.45) is 11.7 Å². The first kappa shape index (κ1) is 12.9. The molecule has 1 atom stereocenters. The Morgan fingerprint density at radius 1 is 1.50 bits per heavy atom. The average Bonchev–Trinajstić information content (AvgIpc) is 3.20. The van der Waals surface area contributed by atoms with Gasteiger partial charge in [0.15, 0.2) is 5.54 Å². The van der Waals surface area contributed by atoms with Crippen molar-refractivity contribution in [2.45, 2.75) is 31.7 Å². The Balaban J connectivity index is 2.08. The molecule has 1 aromatic carbocycles. The van der Waals surface area contributed by atoms with Crippen molar-refractivity contribution in [3.8, 4) is 5.75 Å². The van der Waals surface area contributed by atoms with Gasteiger partial charge >= 0.3 is 5.97 Å². The molecule has 1 fully saturated rings. The van der Waals surface area contributed by atoms with E-state index in [9.17, 15) is 9.90 Å². The van der Waals surface area contributed by atoms with Gasteiger partial charge in [-0.25, -0.2) is 0 Å². The minimum Gasteiger partial charge on any atom is -0.491 e. The first-order valence-electron chi connectivity index (χ1n) is 6.31. The molecule has 0 spiro atoms. The van der Waals surface area contributed by atoms with Crippen molar-refractivity contribution in [1.82, 2.24) is 0 Å². The Bertz CT molecular complexity index is 442. The monoisotopic (exact) mass is 249 g/mol. The van der Waals surface area contributed by atoms with Crippen LogP contribution in [0.3, 0.4) is 0 Å². The molecule has 18 heavy (non-hydrogen) atoms. The van der Waals surface area contributed by atoms with E-state index < -0.39 is 11.5 Å². The highest BCUT2D eigenvalue weighted by molar-refractivity contribution is 5.79. The Morgan fingerprint density at radius 2 is 2.17 bits per heavy atom. The number of para-hydroxylation sites is 1. The summed E-state index contributed by atoms with van der Waals surface area (Å²) in [6, 6.07) is 7.66. The van der Waals surface area contributed by atoms with Gasteiger partial charge in [-0.2, -0.15) is 0 Å². The summed E-state index contributed by atoms with van der Waals surface area (Å²) in [5.41, 5.74) is 5.78. The molecule has 0 saturated heterocycles. The highest BCUT2D eigenvalue weighted by Gasteiger charge is 2.49. The van der Waals surface area contributed by atoms with Crippen LogP contribution in [-0.2, 0) is 11.2 Å². The summed E-state index contributed by atoms with van der Waals surface area (Å²) in [7, 11) is 0. The molecule has 0 aliphatic heterocycles. The second kappa shape index (κ2) is 4.98. The van der Waals surface area contributed by atoms with E-state index in [1.54, 1.807) is 0 Å². The Hall–Kier alpha value is -1.55. The van der Waals surface area contributed by atoms with Gasteiger partial charge in [0, 0.05) is 0 Å². The minimum atomic E-state index is -1.25. The summed E-state index contributed by atoms with van der Waals surface area (Å²) >= 11 is 0. The van der Waals surface area contributed by atoms with Gasteiger partial charge < -0.3 is 15.6 Å². The summed E-state index contributed by atoms with van der Waals surface area (Å²) < 4.78 is 5.65. The number of aliphatic carboxylic acids is 1. The van der Waals surface area contributed by atoms with Crippen molar-refractivity contribution >= 4 is 5.97 Å². The SMILES string of the molecule is CCc1ccccc1OCC(N)(C(=O)O)C1CC1. The molecule has 98 valence electrons. The lowest BCUT2D eigenvalue weighted by atomic mass is 9.96. The van der Waals surface area contributed by atoms with Crippen LogP contribution < -0.4 is 10.5 Å². The van der Waals surface area contributed by atoms with Gasteiger partial charge in [0.05, 0.1) is 0 Å². The summed E-state index contributed by atoms with van der Waals surface area (Å²) in [6.07, 6.45) is 2.60. The lowest BCUT2D eigenvalue weighted by molar-refractivity contribution is -0.145. The number of nitrogens with two attached hydrogens (primary N) is 1. The number of ether oxygens (including phenoxy) is 1. The molecule has 1 saturated carbocycles. The average molecular weight is 249 g/mol. The molecule has 0 heterocycles. The molecule has 1 unspecified atom stereocenters. The van der Waals surface area contributed by atoms with E-state index in [0.717, 1.165) is 30.6 Å². The van der Waals surface area contributed by atoms with Crippen LogP contribution >= 0.6 is 0 Å². The fraction of sp³-hybridized carbons (Fsp3) is 0.500. The second-order valence-corrected chi connectivity index (χ2v) is 4.87.